The molecule has 0 bridgehead atoms. The van der Waals surface area contributed by atoms with Crippen LogP contribution in [0.2, 0.25) is 0 Å². The van der Waals surface area contributed by atoms with Crippen LogP contribution in [0.5, 0.6) is 0 Å². The van der Waals surface area contributed by atoms with Gasteiger partial charge in [0.2, 0.25) is 0 Å². The van der Waals surface area contributed by atoms with E-state index in [1.807, 2.05) is 7.85 Å². The molecule has 9 heavy (non-hydrogen) atoms. The van der Waals surface area contributed by atoms with Gasteiger partial charge >= 0.3 is 0 Å². The lowest BCUT2D eigenvalue weighted by molar-refractivity contribution is 0.760. The first-order valence-electron chi connectivity index (χ1n) is 2.99. The molecule has 0 nitrogen and oxygen atoms in total. The Morgan fingerprint density at radius 1 is 1.56 bits per heavy atom. The molecule has 0 spiro atoms. The van der Waals surface area contributed by atoms with Crippen molar-refractivity contribution < 1.29 is 0 Å². The van der Waals surface area contributed by atoms with Gasteiger partial charge in [0, 0.05) is 3.98 Å². The van der Waals surface area contributed by atoms with E-state index in [-0.39, 0.29) is 3.98 Å². The smallest absolute Gasteiger partial charge is 0.140 e. The molecule has 0 saturated heterocycles. The van der Waals surface area contributed by atoms with E-state index in [9.17, 15) is 0 Å². The van der Waals surface area contributed by atoms with E-state index in [0.29, 0.717) is 5.92 Å². The fraction of sp³-hybridized carbons (Fsp3) is 0.667. The summed E-state index contributed by atoms with van der Waals surface area (Å²) < 4.78 is -0.325. The zero-order valence-electron chi connectivity index (χ0n) is 6.18. The van der Waals surface area contributed by atoms with Gasteiger partial charge in [0.15, 0.2) is 0 Å². The summed E-state index contributed by atoms with van der Waals surface area (Å²) in [5, 5.41) is 0. The average Bonchev–Trinajstić information content (AvgIpc) is 1.62. The molecule has 52 valence electrons. The highest BCUT2D eigenvalue weighted by molar-refractivity contribution is 8.03. The monoisotopic (exact) mass is 160 g/mol. The molecular formula is C6H13BS2. The Balaban J connectivity index is 4.06. The van der Waals surface area contributed by atoms with Gasteiger partial charge in [-0.05, 0) is 5.92 Å². The quantitative estimate of drug-likeness (QED) is 0.259. The van der Waals surface area contributed by atoms with Gasteiger partial charge in [0.25, 0.3) is 0 Å². The molecule has 3 heteroatoms. The molecule has 0 aliphatic rings. The van der Waals surface area contributed by atoms with Gasteiger partial charge in [-0.3, -0.25) is 0 Å². The highest BCUT2D eigenvalue weighted by atomic mass is 32.2. The summed E-state index contributed by atoms with van der Waals surface area (Å²) in [6, 6.07) is 0. The highest BCUT2D eigenvalue weighted by Crippen LogP contribution is 2.28. The maximum absolute atomic E-state index is 4.25. The van der Waals surface area contributed by atoms with Crippen molar-refractivity contribution in [2.75, 3.05) is 0 Å². The third-order valence-electron chi connectivity index (χ3n) is 1.31. The van der Waals surface area contributed by atoms with Gasteiger partial charge in [-0.2, -0.15) is 25.3 Å². The lowest BCUT2D eigenvalue weighted by atomic mass is 9.89. The highest BCUT2D eigenvalue weighted by Gasteiger charge is 2.18. The molecule has 0 saturated carbocycles. The maximum atomic E-state index is 4.25. The van der Waals surface area contributed by atoms with Crippen molar-refractivity contribution in [1.82, 2.24) is 0 Å². The summed E-state index contributed by atoms with van der Waals surface area (Å²) in [5.74, 6) is 0.463. The Kier molecular flexibility index (Phi) is 3.24. The first-order valence-corrected chi connectivity index (χ1v) is 3.89. The first kappa shape index (κ1) is 9.50. The topological polar surface area (TPSA) is 0 Å². The van der Waals surface area contributed by atoms with E-state index in [2.05, 4.69) is 45.7 Å². The molecule has 0 rings (SSSR count). The minimum absolute atomic E-state index is 0.325. The van der Waals surface area contributed by atoms with Crippen molar-refractivity contribution in [2.45, 2.75) is 17.8 Å². The molecule has 0 atom stereocenters. The predicted octanol–water partition coefficient (Wildman–Crippen LogP) is 1.35. The molecule has 0 fully saturated rings. The Morgan fingerprint density at radius 2 is 1.89 bits per heavy atom. The lowest BCUT2D eigenvalue weighted by Crippen LogP contribution is -2.19. The van der Waals surface area contributed by atoms with Gasteiger partial charge in [-0.15, -0.1) is 0 Å². The van der Waals surface area contributed by atoms with Crippen LogP contribution in [0, 0.1) is 5.92 Å². The second kappa shape index (κ2) is 3.06. The van der Waals surface area contributed by atoms with E-state index < -0.39 is 0 Å². The van der Waals surface area contributed by atoms with E-state index >= 15 is 0 Å². The second-order valence-electron chi connectivity index (χ2n) is 2.70. The van der Waals surface area contributed by atoms with Crippen LogP contribution in [0.3, 0.4) is 0 Å². The van der Waals surface area contributed by atoms with Gasteiger partial charge in [0.1, 0.15) is 7.85 Å². The van der Waals surface area contributed by atoms with Gasteiger partial charge in [-0.25, -0.2) is 0 Å². The largest absolute Gasteiger partial charge is 0.167 e. The number of rotatable bonds is 2. The van der Waals surface area contributed by atoms with Crippen LogP contribution in [-0.2, 0) is 0 Å². The van der Waals surface area contributed by atoms with Gasteiger partial charge in [-0.1, -0.05) is 26.0 Å². The van der Waals surface area contributed by atoms with Crippen LogP contribution in [-0.4, -0.2) is 11.8 Å². The van der Waals surface area contributed by atoms with Crippen molar-refractivity contribution in [1.29, 1.82) is 0 Å². The summed E-state index contributed by atoms with van der Waals surface area (Å²) >= 11 is 8.51. The fourth-order valence-corrected chi connectivity index (χ4v) is 1.06. The van der Waals surface area contributed by atoms with Crippen molar-refractivity contribution in [3.05, 3.63) is 12.2 Å². The molecule has 0 aromatic carbocycles. The van der Waals surface area contributed by atoms with E-state index in [4.69, 9.17) is 0 Å². The second-order valence-corrected chi connectivity index (χ2v) is 4.84. The Bertz CT molecular complexity index is 113. The standard InChI is InChI=1S/C6H13BS2/c1-4(2)5(3)6(7,8)9/h4,8-9H,3,7H2,1-2H3. The predicted molar refractivity (Wildman–Crippen MR) is 53.2 cm³/mol. The van der Waals surface area contributed by atoms with Crippen molar-refractivity contribution in [3.8, 4) is 0 Å². The fourth-order valence-electron chi connectivity index (χ4n) is 0.547. The van der Waals surface area contributed by atoms with Crippen LogP contribution in [0.1, 0.15) is 13.8 Å². The molecule has 0 aromatic rings. The minimum Gasteiger partial charge on any atom is -0.167 e. The molecule has 0 aromatic heterocycles. The van der Waals surface area contributed by atoms with Crippen molar-refractivity contribution in [3.63, 3.8) is 0 Å². The SMILES string of the molecule is BC(S)(S)C(=C)C(C)C. The van der Waals surface area contributed by atoms with Crippen LogP contribution in [0.25, 0.3) is 0 Å². The van der Waals surface area contributed by atoms with E-state index in [1.54, 1.807) is 0 Å². The molecule has 0 amide bonds. The van der Waals surface area contributed by atoms with E-state index in [1.165, 1.54) is 0 Å². The average molecular weight is 160 g/mol. The Labute approximate surface area is 69.3 Å². The number of hydrogen-bond acceptors (Lipinski definition) is 2. The zero-order valence-corrected chi connectivity index (χ0v) is 7.97. The number of hydrogen-bond donors (Lipinski definition) is 2. The molecule has 0 N–H and O–H groups in total. The Morgan fingerprint density at radius 3 is 1.89 bits per heavy atom. The Hall–Kier alpha value is 0.505. The number of thiol groups is 2. The van der Waals surface area contributed by atoms with Crippen LogP contribution in [0.4, 0.5) is 0 Å². The van der Waals surface area contributed by atoms with Crippen LogP contribution < -0.4 is 0 Å². The third-order valence-corrected chi connectivity index (χ3v) is 1.88. The molecular weight excluding hydrogens is 147 g/mol. The van der Waals surface area contributed by atoms with Crippen LogP contribution in [0.15, 0.2) is 12.2 Å². The molecule has 0 unspecified atom stereocenters. The van der Waals surface area contributed by atoms with Crippen molar-refractivity contribution in [2.24, 2.45) is 5.92 Å². The van der Waals surface area contributed by atoms with Crippen LogP contribution >= 0.6 is 25.3 Å². The molecule has 0 aliphatic heterocycles. The molecule has 0 heterocycles. The zero-order chi connectivity index (χ0) is 7.65. The summed E-state index contributed by atoms with van der Waals surface area (Å²) in [6.45, 7) is 8.05. The summed E-state index contributed by atoms with van der Waals surface area (Å²) in [5.41, 5.74) is 1.06. The van der Waals surface area contributed by atoms with Gasteiger partial charge < -0.3 is 0 Å². The molecule has 0 aliphatic carbocycles. The summed E-state index contributed by atoms with van der Waals surface area (Å²) in [7, 11) is 1.93. The summed E-state index contributed by atoms with van der Waals surface area (Å²) in [6.07, 6.45) is 0. The minimum atomic E-state index is -0.325. The van der Waals surface area contributed by atoms with Crippen molar-refractivity contribution >= 4 is 33.1 Å². The lowest BCUT2D eigenvalue weighted by Gasteiger charge is -2.22. The third kappa shape index (κ3) is 3.26. The summed E-state index contributed by atoms with van der Waals surface area (Å²) in [4.78, 5) is 0. The van der Waals surface area contributed by atoms with Gasteiger partial charge in [0.05, 0.1) is 0 Å². The van der Waals surface area contributed by atoms with E-state index in [0.717, 1.165) is 5.57 Å². The maximum Gasteiger partial charge on any atom is 0.140 e. The molecule has 0 radical (unpaired) electrons. The first-order chi connectivity index (χ1) is 3.85. The normalized spacial score (nSPS) is 12.1.